The molecule has 0 aromatic heterocycles. The number of methoxy groups -OCH3 is 1. The molecule has 0 heterocycles. The van der Waals surface area contributed by atoms with Crippen LogP contribution in [0.4, 0.5) is 0 Å². The number of halogens is 1. The average Bonchev–Trinajstić information content (AvgIpc) is 2.43. The molecule has 0 saturated heterocycles. The van der Waals surface area contributed by atoms with Crippen LogP contribution in [-0.4, -0.2) is 31.6 Å². The van der Waals surface area contributed by atoms with Crippen LogP contribution in [0.15, 0.2) is 35.9 Å². The van der Waals surface area contributed by atoms with Crippen LogP contribution in [0.5, 0.6) is 0 Å². The molecule has 1 rings (SSSR count). The second-order valence-corrected chi connectivity index (χ2v) is 4.98. The minimum Gasteiger partial charge on any atom is -0.466 e. The summed E-state index contributed by atoms with van der Waals surface area (Å²) in [6, 6.07) is 8.05. The Hall–Kier alpha value is -1.32. The van der Waals surface area contributed by atoms with E-state index in [1.807, 2.05) is 37.4 Å². The molecule has 0 amide bonds. The highest BCUT2D eigenvalue weighted by atomic mass is 35.5. The quantitative estimate of drug-likeness (QED) is 0.611. The van der Waals surface area contributed by atoms with Crippen molar-refractivity contribution >= 4 is 17.6 Å². The lowest BCUT2D eigenvalue weighted by molar-refractivity contribution is -0.136. The molecule has 0 spiro atoms. The van der Waals surface area contributed by atoms with Crippen LogP contribution in [0.3, 0.4) is 0 Å². The fourth-order valence-electron chi connectivity index (χ4n) is 1.68. The average molecular weight is 282 g/mol. The van der Waals surface area contributed by atoms with Crippen LogP contribution in [0.2, 0.25) is 5.02 Å². The number of carbonyl (C=O) groups excluding carboxylic acids is 1. The number of ether oxygens (including phenoxy) is 1. The number of nitrogens with zero attached hydrogens (tertiary/aromatic N) is 1. The van der Waals surface area contributed by atoms with Gasteiger partial charge in [-0.15, -0.1) is 0 Å². The lowest BCUT2D eigenvalue weighted by atomic mass is 10.1. The molecule has 0 aliphatic heterocycles. The standard InChI is InChI=1S/C15H20ClNO2/c1-11(15(18)19-4)9-10-17(3)12(2)13-5-7-14(16)8-6-13/h5-9,12H,10H2,1-4H3. The molecule has 4 heteroatoms. The van der Waals surface area contributed by atoms with Crippen molar-refractivity contribution in [3.8, 4) is 0 Å². The van der Waals surface area contributed by atoms with Gasteiger partial charge in [-0.2, -0.15) is 0 Å². The van der Waals surface area contributed by atoms with Crippen LogP contribution in [0.1, 0.15) is 25.5 Å². The lowest BCUT2D eigenvalue weighted by Gasteiger charge is -2.24. The molecule has 1 unspecified atom stereocenters. The molecule has 1 aromatic carbocycles. The lowest BCUT2D eigenvalue weighted by Crippen LogP contribution is -2.23. The molecule has 0 N–H and O–H groups in total. The molecule has 0 radical (unpaired) electrons. The number of rotatable bonds is 5. The van der Waals surface area contributed by atoms with Crippen molar-refractivity contribution < 1.29 is 9.53 Å². The van der Waals surface area contributed by atoms with E-state index in [1.165, 1.54) is 12.7 Å². The second kappa shape index (κ2) is 7.31. The highest BCUT2D eigenvalue weighted by Crippen LogP contribution is 2.20. The van der Waals surface area contributed by atoms with Crippen molar-refractivity contribution in [2.24, 2.45) is 0 Å². The van der Waals surface area contributed by atoms with Gasteiger partial charge in [-0.25, -0.2) is 4.79 Å². The van der Waals surface area contributed by atoms with Crippen molar-refractivity contribution in [2.75, 3.05) is 20.7 Å². The maximum absolute atomic E-state index is 11.3. The van der Waals surface area contributed by atoms with Crippen LogP contribution in [0, 0.1) is 0 Å². The molecular weight excluding hydrogens is 262 g/mol. The van der Waals surface area contributed by atoms with Crippen LogP contribution < -0.4 is 0 Å². The Balaban J connectivity index is 2.65. The first-order valence-corrected chi connectivity index (χ1v) is 6.54. The molecule has 0 fully saturated rings. The summed E-state index contributed by atoms with van der Waals surface area (Å²) in [4.78, 5) is 13.4. The van der Waals surface area contributed by atoms with E-state index < -0.39 is 0 Å². The number of benzene rings is 1. The third kappa shape index (κ3) is 4.69. The SMILES string of the molecule is COC(=O)C(C)=CCN(C)C(C)c1ccc(Cl)cc1. The van der Waals surface area contributed by atoms with E-state index in [0.717, 1.165) is 5.02 Å². The normalized spacial score (nSPS) is 13.5. The molecule has 19 heavy (non-hydrogen) atoms. The Labute approximate surface area is 119 Å². The summed E-state index contributed by atoms with van der Waals surface area (Å²) in [6.45, 7) is 4.56. The van der Waals surface area contributed by atoms with Crippen LogP contribution in [0.25, 0.3) is 0 Å². The molecular formula is C15H20ClNO2. The van der Waals surface area contributed by atoms with E-state index in [2.05, 4.69) is 16.6 Å². The van der Waals surface area contributed by atoms with Crippen molar-refractivity contribution in [1.29, 1.82) is 0 Å². The second-order valence-electron chi connectivity index (χ2n) is 4.55. The maximum Gasteiger partial charge on any atom is 0.333 e. The summed E-state index contributed by atoms with van der Waals surface area (Å²) in [5.41, 5.74) is 1.81. The molecule has 0 bridgehead atoms. The zero-order chi connectivity index (χ0) is 14.4. The summed E-state index contributed by atoms with van der Waals surface area (Å²) in [6.07, 6.45) is 1.87. The number of hydrogen-bond acceptors (Lipinski definition) is 3. The van der Waals surface area contributed by atoms with Crippen LogP contribution >= 0.6 is 11.6 Å². The summed E-state index contributed by atoms with van der Waals surface area (Å²) in [5, 5.41) is 0.736. The van der Waals surface area contributed by atoms with Gasteiger partial charge < -0.3 is 4.74 Å². The third-order valence-electron chi connectivity index (χ3n) is 3.21. The summed E-state index contributed by atoms with van der Waals surface area (Å²) >= 11 is 5.87. The van der Waals surface area contributed by atoms with Crippen molar-refractivity contribution in [3.05, 3.63) is 46.5 Å². The zero-order valence-corrected chi connectivity index (χ0v) is 12.6. The zero-order valence-electron chi connectivity index (χ0n) is 11.8. The fraction of sp³-hybridized carbons (Fsp3) is 0.400. The van der Waals surface area contributed by atoms with Crippen molar-refractivity contribution in [3.63, 3.8) is 0 Å². The smallest absolute Gasteiger partial charge is 0.333 e. The highest BCUT2D eigenvalue weighted by molar-refractivity contribution is 6.30. The maximum atomic E-state index is 11.3. The van der Waals surface area contributed by atoms with E-state index in [0.29, 0.717) is 12.1 Å². The number of carbonyl (C=O) groups is 1. The van der Waals surface area contributed by atoms with E-state index in [4.69, 9.17) is 11.6 Å². The van der Waals surface area contributed by atoms with Gasteiger partial charge in [-0.1, -0.05) is 29.8 Å². The summed E-state index contributed by atoms with van der Waals surface area (Å²) < 4.78 is 4.66. The predicted octanol–water partition coefficient (Wildman–Crippen LogP) is 3.45. The highest BCUT2D eigenvalue weighted by Gasteiger charge is 2.11. The molecule has 104 valence electrons. The van der Waals surface area contributed by atoms with Gasteiger partial charge in [-0.3, -0.25) is 4.90 Å². The van der Waals surface area contributed by atoms with E-state index in [9.17, 15) is 4.79 Å². The summed E-state index contributed by atoms with van der Waals surface area (Å²) in [7, 11) is 3.40. The fourth-order valence-corrected chi connectivity index (χ4v) is 1.81. The molecule has 3 nitrogen and oxygen atoms in total. The third-order valence-corrected chi connectivity index (χ3v) is 3.46. The summed E-state index contributed by atoms with van der Waals surface area (Å²) in [5.74, 6) is -0.285. The molecule has 1 aromatic rings. The number of hydrogen-bond donors (Lipinski definition) is 0. The van der Waals surface area contributed by atoms with Crippen molar-refractivity contribution in [2.45, 2.75) is 19.9 Å². The number of likely N-dealkylation sites (N-methyl/N-ethyl adjacent to an activating group) is 1. The van der Waals surface area contributed by atoms with E-state index >= 15 is 0 Å². The van der Waals surface area contributed by atoms with Gasteiger partial charge in [0.15, 0.2) is 0 Å². The van der Waals surface area contributed by atoms with Gasteiger partial charge in [0.05, 0.1) is 7.11 Å². The molecule has 0 aliphatic carbocycles. The minimum absolute atomic E-state index is 0.249. The van der Waals surface area contributed by atoms with E-state index in [1.54, 1.807) is 6.92 Å². The van der Waals surface area contributed by atoms with Gasteiger partial charge in [0.25, 0.3) is 0 Å². The Morgan fingerprint density at radius 3 is 2.53 bits per heavy atom. The van der Waals surface area contributed by atoms with Crippen LogP contribution in [-0.2, 0) is 9.53 Å². The topological polar surface area (TPSA) is 29.5 Å². The predicted molar refractivity (Wildman–Crippen MR) is 78.3 cm³/mol. The van der Waals surface area contributed by atoms with Gasteiger partial charge in [0, 0.05) is 23.2 Å². The molecule has 0 aliphatic rings. The Bertz CT molecular complexity index is 454. The largest absolute Gasteiger partial charge is 0.466 e. The van der Waals surface area contributed by atoms with Crippen molar-refractivity contribution in [1.82, 2.24) is 4.90 Å². The Morgan fingerprint density at radius 1 is 1.42 bits per heavy atom. The molecule has 0 saturated carbocycles. The Kier molecular flexibility index (Phi) is 6.06. The number of esters is 1. The minimum atomic E-state index is -0.285. The first kappa shape index (κ1) is 15.7. The van der Waals surface area contributed by atoms with Gasteiger partial charge in [0.2, 0.25) is 0 Å². The van der Waals surface area contributed by atoms with E-state index in [-0.39, 0.29) is 12.0 Å². The molecule has 1 atom stereocenters. The monoisotopic (exact) mass is 281 g/mol. The van der Waals surface area contributed by atoms with Gasteiger partial charge in [0.1, 0.15) is 0 Å². The first-order chi connectivity index (χ1) is 8.95. The van der Waals surface area contributed by atoms with Gasteiger partial charge in [-0.05, 0) is 38.6 Å². The van der Waals surface area contributed by atoms with Gasteiger partial charge >= 0.3 is 5.97 Å². The first-order valence-electron chi connectivity index (χ1n) is 6.16. The Morgan fingerprint density at radius 2 is 2.00 bits per heavy atom.